The van der Waals surface area contributed by atoms with Gasteiger partial charge in [-0.15, -0.1) is 10.2 Å². The Labute approximate surface area is 143 Å². The van der Waals surface area contributed by atoms with Crippen LogP contribution in [-0.2, 0) is 26.1 Å². The van der Waals surface area contributed by atoms with Gasteiger partial charge in [-0.2, -0.15) is 0 Å². The quantitative estimate of drug-likeness (QED) is 0.558. The fraction of sp³-hybridized carbons (Fsp3) is 0.625. The smallest absolute Gasteiger partial charge is 0.191 e. The van der Waals surface area contributed by atoms with Gasteiger partial charge in [-0.1, -0.05) is 20.8 Å². The maximum atomic E-state index is 4.42. The molecule has 0 bridgehead atoms. The van der Waals surface area contributed by atoms with Gasteiger partial charge in [0.15, 0.2) is 5.96 Å². The van der Waals surface area contributed by atoms with E-state index in [-0.39, 0.29) is 0 Å². The Morgan fingerprint density at radius 1 is 1.25 bits per heavy atom. The molecule has 0 spiro atoms. The minimum absolute atomic E-state index is 0.590. The van der Waals surface area contributed by atoms with Gasteiger partial charge in [-0.25, -0.2) is 4.98 Å². The molecule has 2 aromatic rings. The number of guanidine groups is 1. The molecular weight excluding hydrogens is 304 g/mol. The largest absolute Gasteiger partial charge is 0.355 e. The third-order valence-electron chi connectivity index (χ3n) is 3.66. The highest BCUT2D eigenvalue weighted by Crippen LogP contribution is 2.03. The zero-order chi connectivity index (χ0) is 17.4. The average Bonchev–Trinajstić information content (AvgIpc) is 3.19. The molecule has 2 rings (SSSR count). The average molecular weight is 332 g/mol. The Kier molecular flexibility index (Phi) is 6.77. The summed E-state index contributed by atoms with van der Waals surface area (Å²) in [5.41, 5.74) is 0. The Hall–Kier alpha value is -2.38. The summed E-state index contributed by atoms with van der Waals surface area (Å²) in [5, 5.41) is 14.6. The third-order valence-corrected chi connectivity index (χ3v) is 3.66. The first-order valence-corrected chi connectivity index (χ1v) is 8.45. The highest BCUT2D eigenvalue weighted by Gasteiger charge is 2.06. The molecule has 0 aliphatic heterocycles. The molecule has 0 aromatic carbocycles. The van der Waals surface area contributed by atoms with Crippen molar-refractivity contribution in [2.24, 2.45) is 10.9 Å². The lowest BCUT2D eigenvalue weighted by Gasteiger charge is -2.14. The molecule has 8 nitrogen and oxygen atoms in total. The van der Waals surface area contributed by atoms with Gasteiger partial charge in [0.25, 0.3) is 0 Å². The van der Waals surface area contributed by atoms with Gasteiger partial charge >= 0.3 is 0 Å². The molecule has 2 N–H and O–H groups in total. The molecule has 0 saturated heterocycles. The summed E-state index contributed by atoms with van der Waals surface area (Å²) >= 11 is 0. The first-order valence-electron chi connectivity index (χ1n) is 8.45. The molecule has 0 amide bonds. The van der Waals surface area contributed by atoms with Crippen LogP contribution in [0, 0.1) is 5.92 Å². The van der Waals surface area contributed by atoms with Gasteiger partial charge < -0.3 is 19.8 Å². The fourth-order valence-electron chi connectivity index (χ4n) is 2.48. The van der Waals surface area contributed by atoms with Crippen LogP contribution < -0.4 is 10.6 Å². The molecule has 0 saturated carbocycles. The number of aryl methyl sites for hydroxylation is 1. The van der Waals surface area contributed by atoms with E-state index in [1.807, 2.05) is 12.4 Å². The monoisotopic (exact) mass is 332 g/mol. The Balaban J connectivity index is 1.80. The van der Waals surface area contributed by atoms with Crippen molar-refractivity contribution in [3.63, 3.8) is 0 Å². The lowest BCUT2D eigenvalue weighted by molar-refractivity contribution is 0.503. The van der Waals surface area contributed by atoms with Crippen molar-refractivity contribution in [1.82, 2.24) is 34.9 Å². The van der Waals surface area contributed by atoms with Gasteiger partial charge in [0.1, 0.15) is 18.0 Å². The van der Waals surface area contributed by atoms with E-state index < -0.39 is 0 Å². The Morgan fingerprint density at radius 3 is 2.79 bits per heavy atom. The molecule has 132 valence electrons. The predicted octanol–water partition coefficient (Wildman–Crippen LogP) is 1.06. The van der Waals surface area contributed by atoms with Crippen LogP contribution in [-0.4, -0.2) is 43.9 Å². The summed E-state index contributed by atoms with van der Waals surface area (Å²) in [6.07, 6.45) is 6.50. The number of nitrogens with zero attached hydrogens (tertiary/aromatic N) is 6. The molecule has 0 radical (unpaired) electrons. The number of imidazole rings is 1. The normalized spacial score (nSPS) is 12.0. The number of hydrogen-bond acceptors (Lipinski definition) is 4. The molecule has 0 atom stereocenters. The van der Waals surface area contributed by atoms with E-state index in [0.29, 0.717) is 12.5 Å². The Bertz CT molecular complexity index is 640. The molecule has 2 heterocycles. The van der Waals surface area contributed by atoms with E-state index in [1.54, 1.807) is 13.4 Å². The van der Waals surface area contributed by atoms with Gasteiger partial charge in [0.05, 0.1) is 6.54 Å². The standard InChI is InChI=1S/C16H28N8/c1-5-14-22-21-12-24(14)9-7-19-16(17-4)20-10-15-18-6-8-23(15)11-13(2)3/h6,8,12-13H,5,7,9-11H2,1-4H3,(H2,17,19,20). The van der Waals surface area contributed by atoms with Crippen molar-refractivity contribution in [3.8, 4) is 0 Å². The SMILES string of the molecule is CCc1nncn1CCNC(=NC)NCc1nccn1CC(C)C. The number of aromatic nitrogens is 5. The Morgan fingerprint density at radius 2 is 2.08 bits per heavy atom. The minimum Gasteiger partial charge on any atom is -0.355 e. The van der Waals surface area contributed by atoms with Crippen LogP contribution in [0.1, 0.15) is 32.4 Å². The molecule has 0 fully saturated rings. The van der Waals surface area contributed by atoms with Crippen molar-refractivity contribution >= 4 is 5.96 Å². The summed E-state index contributed by atoms with van der Waals surface area (Å²) in [7, 11) is 1.77. The van der Waals surface area contributed by atoms with E-state index in [4.69, 9.17) is 0 Å². The lowest BCUT2D eigenvalue weighted by atomic mass is 10.2. The minimum atomic E-state index is 0.590. The number of hydrogen-bond donors (Lipinski definition) is 2. The number of nitrogens with one attached hydrogen (secondary N) is 2. The molecule has 2 aromatic heterocycles. The van der Waals surface area contributed by atoms with Crippen LogP contribution in [0.4, 0.5) is 0 Å². The highest BCUT2D eigenvalue weighted by atomic mass is 15.3. The summed E-state index contributed by atoms with van der Waals surface area (Å²) in [4.78, 5) is 8.67. The maximum absolute atomic E-state index is 4.42. The van der Waals surface area contributed by atoms with Crippen LogP contribution in [0.3, 0.4) is 0 Å². The molecular formula is C16H28N8. The molecule has 0 aliphatic carbocycles. The van der Waals surface area contributed by atoms with Crippen molar-refractivity contribution in [1.29, 1.82) is 0 Å². The second-order valence-electron chi connectivity index (χ2n) is 6.04. The summed E-state index contributed by atoms with van der Waals surface area (Å²) in [5.74, 6) is 3.36. The number of rotatable bonds is 8. The van der Waals surface area contributed by atoms with Gasteiger partial charge in [-0.05, 0) is 5.92 Å². The molecule has 8 heteroatoms. The van der Waals surface area contributed by atoms with E-state index in [9.17, 15) is 0 Å². The lowest BCUT2D eigenvalue weighted by Crippen LogP contribution is -2.39. The highest BCUT2D eigenvalue weighted by molar-refractivity contribution is 5.79. The third kappa shape index (κ3) is 5.07. The van der Waals surface area contributed by atoms with E-state index in [1.165, 1.54) is 0 Å². The topological polar surface area (TPSA) is 84.9 Å². The van der Waals surface area contributed by atoms with Gasteiger partial charge in [0, 0.05) is 45.5 Å². The zero-order valence-corrected chi connectivity index (χ0v) is 15.0. The molecule has 0 unspecified atom stereocenters. The summed E-state index contributed by atoms with van der Waals surface area (Å²) in [6, 6.07) is 0. The molecule has 24 heavy (non-hydrogen) atoms. The fourth-order valence-corrected chi connectivity index (χ4v) is 2.48. The zero-order valence-electron chi connectivity index (χ0n) is 15.0. The first kappa shape index (κ1) is 18.0. The van der Waals surface area contributed by atoms with Crippen molar-refractivity contribution in [3.05, 3.63) is 30.4 Å². The second kappa shape index (κ2) is 9.05. The van der Waals surface area contributed by atoms with E-state index in [2.05, 4.69) is 60.7 Å². The predicted molar refractivity (Wildman–Crippen MR) is 94.7 cm³/mol. The maximum Gasteiger partial charge on any atom is 0.191 e. The van der Waals surface area contributed by atoms with Crippen LogP contribution in [0.15, 0.2) is 23.7 Å². The van der Waals surface area contributed by atoms with E-state index in [0.717, 1.165) is 43.7 Å². The summed E-state index contributed by atoms with van der Waals surface area (Å²) in [6.45, 7) is 9.65. The number of aliphatic imine (C=N–C) groups is 1. The first-order chi connectivity index (χ1) is 11.6. The molecule has 0 aliphatic rings. The van der Waals surface area contributed by atoms with Crippen molar-refractivity contribution in [2.45, 2.75) is 46.8 Å². The van der Waals surface area contributed by atoms with Crippen LogP contribution in [0.5, 0.6) is 0 Å². The van der Waals surface area contributed by atoms with Crippen molar-refractivity contribution < 1.29 is 0 Å². The summed E-state index contributed by atoms with van der Waals surface area (Å²) < 4.78 is 4.23. The van der Waals surface area contributed by atoms with Crippen molar-refractivity contribution in [2.75, 3.05) is 13.6 Å². The second-order valence-corrected chi connectivity index (χ2v) is 6.04. The van der Waals surface area contributed by atoms with Crippen LogP contribution in [0.2, 0.25) is 0 Å². The van der Waals surface area contributed by atoms with Gasteiger partial charge in [0.2, 0.25) is 0 Å². The van der Waals surface area contributed by atoms with Crippen LogP contribution >= 0.6 is 0 Å². The van der Waals surface area contributed by atoms with E-state index >= 15 is 0 Å². The van der Waals surface area contributed by atoms with Gasteiger partial charge in [-0.3, -0.25) is 4.99 Å². The van der Waals surface area contributed by atoms with Crippen LogP contribution in [0.25, 0.3) is 0 Å².